The maximum Gasteiger partial charge on any atom is 0.433 e. The van der Waals surface area contributed by atoms with E-state index in [2.05, 4.69) is 4.98 Å². The zero-order valence-corrected chi connectivity index (χ0v) is 10.6. The predicted octanol–water partition coefficient (Wildman–Crippen LogP) is 5.21. The maximum absolute atomic E-state index is 13.6. The highest BCUT2D eigenvalue weighted by molar-refractivity contribution is 6.35. The van der Waals surface area contributed by atoms with Crippen molar-refractivity contribution in [2.45, 2.75) is 6.18 Å². The quantitative estimate of drug-likeness (QED) is 0.659. The van der Waals surface area contributed by atoms with Crippen LogP contribution in [-0.4, -0.2) is 4.98 Å². The summed E-state index contributed by atoms with van der Waals surface area (Å²) in [5.41, 5.74) is -1.67. The van der Waals surface area contributed by atoms with Crippen LogP contribution in [0.4, 0.5) is 17.6 Å². The van der Waals surface area contributed by atoms with Crippen molar-refractivity contribution in [3.8, 4) is 11.3 Å². The predicted molar refractivity (Wildman–Crippen MR) is 64.7 cm³/mol. The van der Waals surface area contributed by atoms with Crippen LogP contribution < -0.4 is 0 Å². The Morgan fingerprint density at radius 3 is 2.32 bits per heavy atom. The zero-order valence-electron chi connectivity index (χ0n) is 9.10. The lowest BCUT2D eigenvalue weighted by atomic mass is 10.1. The summed E-state index contributed by atoms with van der Waals surface area (Å²) < 4.78 is 51.3. The van der Waals surface area contributed by atoms with Gasteiger partial charge in [-0.3, -0.25) is 0 Å². The smallest absolute Gasteiger partial charge is 0.240 e. The molecular weight excluding hydrogens is 305 g/mol. The maximum atomic E-state index is 13.6. The van der Waals surface area contributed by atoms with Crippen LogP contribution in [0.1, 0.15) is 5.69 Å². The van der Waals surface area contributed by atoms with Gasteiger partial charge in [0.25, 0.3) is 0 Å². The van der Waals surface area contributed by atoms with E-state index in [4.69, 9.17) is 23.2 Å². The van der Waals surface area contributed by atoms with Gasteiger partial charge in [0.2, 0.25) is 0 Å². The molecule has 0 aliphatic heterocycles. The van der Waals surface area contributed by atoms with Gasteiger partial charge in [-0.1, -0.05) is 23.2 Å². The summed E-state index contributed by atoms with van der Waals surface area (Å²) in [5.74, 6) is -0.905. The first-order valence-corrected chi connectivity index (χ1v) is 5.74. The molecule has 0 aliphatic rings. The highest BCUT2D eigenvalue weighted by Crippen LogP contribution is 2.34. The minimum absolute atomic E-state index is 0.0118. The van der Waals surface area contributed by atoms with Gasteiger partial charge in [0.05, 0.1) is 5.02 Å². The number of pyridine rings is 1. The van der Waals surface area contributed by atoms with Crippen molar-refractivity contribution in [1.29, 1.82) is 0 Å². The molecular formula is C12H5Cl2F4N. The van der Waals surface area contributed by atoms with Gasteiger partial charge in [-0.2, -0.15) is 13.2 Å². The van der Waals surface area contributed by atoms with E-state index in [9.17, 15) is 17.6 Å². The molecule has 1 nitrogen and oxygen atoms in total. The van der Waals surface area contributed by atoms with E-state index in [0.717, 1.165) is 0 Å². The van der Waals surface area contributed by atoms with Gasteiger partial charge in [-0.15, -0.1) is 0 Å². The SMILES string of the molecule is Fc1ccc(C(F)(F)F)nc1-c1cc(Cl)ccc1Cl. The third-order valence-corrected chi connectivity index (χ3v) is 2.88. The molecule has 19 heavy (non-hydrogen) atoms. The number of nitrogens with zero attached hydrogens (tertiary/aromatic N) is 1. The van der Waals surface area contributed by atoms with Gasteiger partial charge < -0.3 is 0 Å². The molecule has 1 aromatic carbocycles. The highest BCUT2D eigenvalue weighted by Gasteiger charge is 2.33. The lowest BCUT2D eigenvalue weighted by Gasteiger charge is -2.10. The van der Waals surface area contributed by atoms with Crippen molar-refractivity contribution in [2.75, 3.05) is 0 Å². The molecule has 0 unspecified atom stereocenters. The number of aromatic nitrogens is 1. The van der Waals surface area contributed by atoms with E-state index in [1.165, 1.54) is 18.2 Å². The Balaban J connectivity index is 2.64. The summed E-state index contributed by atoms with van der Waals surface area (Å²) in [5, 5.41) is 0.285. The first kappa shape index (κ1) is 14.1. The summed E-state index contributed by atoms with van der Waals surface area (Å²) in [7, 11) is 0. The largest absolute Gasteiger partial charge is 0.433 e. The van der Waals surface area contributed by atoms with Crippen LogP contribution in [0.5, 0.6) is 0 Å². The van der Waals surface area contributed by atoms with Crippen molar-refractivity contribution in [1.82, 2.24) is 4.98 Å². The highest BCUT2D eigenvalue weighted by atomic mass is 35.5. The number of alkyl halides is 3. The fourth-order valence-corrected chi connectivity index (χ4v) is 1.85. The van der Waals surface area contributed by atoms with Crippen LogP contribution in [-0.2, 0) is 6.18 Å². The molecule has 0 fully saturated rings. The number of hydrogen-bond donors (Lipinski definition) is 0. The Morgan fingerprint density at radius 1 is 1.00 bits per heavy atom. The van der Waals surface area contributed by atoms with Crippen LogP contribution in [0.3, 0.4) is 0 Å². The lowest BCUT2D eigenvalue weighted by Crippen LogP contribution is -2.09. The molecule has 100 valence electrons. The standard InChI is InChI=1S/C12H5Cl2F4N/c13-6-1-2-8(14)7(5-6)11-9(15)3-4-10(19-11)12(16,17)18/h1-5H. The van der Waals surface area contributed by atoms with E-state index >= 15 is 0 Å². The molecule has 2 rings (SSSR count). The Hall–Kier alpha value is -1.33. The Labute approximate surface area is 115 Å². The fourth-order valence-electron chi connectivity index (χ4n) is 1.47. The molecule has 0 radical (unpaired) electrons. The second-order valence-corrected chi connectivity index (χ2v) is 4.49. The molecule has 1 heterocycles. The molecule has 0 atom stereocenters. The van der Waals surface area contributed by atoms with Gasteiger partial charge in [0, 0.05) is 10.6 Å². The first-order valence-electron chi connectivity index (χ1n) is 4.98. The number of rotatable bonds is 1. The van der Waals surface area contributed by atoms with Crippen LogP contribution in [0.15, 0.2) is 30.3 Å². The third-order valence-electron chi connectivity index (χ3n) is 2.32. The van der Waals surface area contributed by atoms with E-state index in [1.54, 1.807) is 0 Å². The van der Waals surface area contributed by atoms with Gasteiger partial charge in [-0.25, -0.2) is 9.37 Å². The minimum atomic E-state index is -4.66. The number of hydrogen-bond acceptors (Lipinski definition) is 1. The summed E-state index contributed by atoms with van der Waals surface area (Å²) in [6, 6.07) is 5.33. The summed E-state index contributed by atoms with van der Waals surface area (Å²) in [6.07, 6.45) is -4.66. The molecule has 0 bridgehead atoms. The van der Waals surface area contributed by atoms with Crippen LogP contribution in [0.25, 0.3) is 11.3 Å². The monoisotopic (exact) mass is 309 g/mol. The average Bonchev–Trinajstić information content (AvgIpc) is 2.32. The average molecular weight is 310 g/mol. The van der Waals surface area contributed by atoms with Crippen molar-refractivity contribution < 1.29 is 17.6 Å². The van der Waals surface area contributed by atoms with E-state index in [1.807, 2.05) is 0 Å². The molecule has 0 saturated heterocycles. The lowest BCUT2D eigenvalue weighted by molar-refractivity contribution is -0.141. The summed E-state index contributed by atoms with van der Waals surface area (Å²) in [6.45, 7) is 0. The second kappa shape index (κ2) is 4.98. The third kappa shape index (κ3) is 2.98. The topological polar surface area (TPSA) is 12.9 Å². The zero-order chi connectivity index (χ0) is 14.2. The van der Waals surface area contributed by atoms with E-state index in [-0.39, 0.29) is 15.6 Å². The summed E-state index contributed by atoms with van der Waals surface area (Å²) >= 11 is 11.5. The van der Waals surface area contributed by atoms with Gasteiger partial charge in [-0.05, 0) is 30.3 Å². The van der Waals surface area contributed by atoms with Crippen molar-refractivity contribution in [3.63, 3.8) is 0 Å². The second-order valence-electron chi connectivity index (χ2n) is 3.65. The number of halogens is 6. The van der Waals surface area contributed by atoms with Gasteiger partial charge in [0.15, 0.2) is 0 Å². The first-order chi connectivity index (χ1) is 8.79. The number of benzene rings is 1. The molecule has 0 spiro atoms. The Morgan fingerprint density at radius 2 is 1.68 bits per heavy atom. The molecule has 1 aromatic heterocycles. The van der Waals surface area contributed by atoms with E-state index in [0.29, 0.717) is 12.1 Å². The molecule has 7 heteroatoms. The molecule has 2 aromatic rings. The Bertz CT molecular complexity index is 626. The summed E-state index contributed by atoms with van der Waals surface area (Å²) in [4.78, 5) is 3.27. The van der Waals surface area contributed by atoms with Crippen molar-refractivity contribution in [3.05, 3.63) is 51.9 Å². The Kier molecular flexibility index (Phi) is 3.69. The van der Waals surface area contributed by atoms with Gasteiger partial charge >= 0.3 is 6.18 Å². The normalized spacial score (nSPS) is 11.7. The van der Waals surface area contributed by atoms with Gasteiger partial charge in [0.1, 0.15) is 17.2 Å². The molecule has 0 saturated carbocycles. The van der Waals surface area contributed by atoms with Crippen LogP contribution in [0, 0.1) is 5.82 Å². The molecule has 0 amide bonds. The van der Waals surface area contributed by atoms with Crippen LogP contribution >= 0.6 is 23.2 Å². The van der Waals surface area contributed by atoms with Crippen molar-refractivity contribution >= 4 is 23.2 Å². The minimum Gasteiger partial charge on any atom is -0.240 e. The van der Waals surface area contributed by atoms with Crippen molar-refractivity contribution in [2.24, 2.45) is 0 Å². The van der Waals surface area contributed by atoms with Crippen LogP contribution in [0.2, 0.25) is 10.0 Å². The molecule has 0 aliphatic carbocycles. The molecule has 0 N–H and O–H groups in total. The fraction of sp³-hybridized carbons (Fsp3) is 0.0833. The van der Waals surface area contributed by atoms with E-state index < -0.39 is 23.4 Å².